The minimum Gasteiger partial charge on any atom is -0.340 e. The Hall–Kier alpha value is -2.21. The van der Waals surface area contributed by atoms with E-state index >= 15 is 0 Å². The van der Waals surface area contributed by atoms with Crippen molar-refractivity contribution in [2.45, 2.75) is 25.7 Å². The number of nitrogens with zero attached hydrogens (tertiary/aromatic N) is 3. The number of anilines is 2. The van der Waals surface area contributed by atoms with E-state index in [1.165, 1.54) is 6.07 Å². The van der Waals surface area contributed by atoms with Gasteiger partial charge in [0.15, 0.2) is 0 Å². The number of aromatic nitrogens is 2. The van der Waals surface area contributed by atoms with E-state index in [2.05, 4.69) is 15.3 Å². The van der Waals surface area contributed by atoms with Crippen LogP contribution in [0.1, 0.15) is 30.1 Å². The summed E-state index contributed by atoms with van der Waals surface area (Å²) in [7, 11) is 0. The molecule has 0 amide bonds. The number of halogens is 1. The second kappa shape index (κ2) is 5.29. The summed E-state index contributed by atoms with van der Waals surface area (Å²) >= 11 is 6.01. The van der Waals surface area contributed by atoms with Gasteiger partial charge in [-0.2, -0.15) is 0 Å². The minimum absolute atomic E-state index is 0.0718. The zero-order chi connectivity index (χ0) is 15.0. The van der Waals surface area contributed by atoms with Crippen LogP contribution in [0, 0.1) is 17.0 Å². The second-order valence-electron chi connectivity index (χ2n) is 5.04. The number of rotatable bonds is 4. The first-order valence-corrected chi connectivity index (χ1v) is 6.98. The summed E-state index contributed by atoms with van der Waals surface area (Å²) in [6.45, 7) is 1.70. The molecule has 21 heavy (non-hydrogen) atoms. The lowest BCUT2D eigenvalue weighted by Crippen LogP contribution is -2.02. The highest BCUT2D eigenvalue weighted by atomic mass is 35.5. The molecule has 2 aromatic rings. The standard InChI is InChI=1S/C14H13ClN4O2/c1-8-10(3-2-4-11(8)19(20)21)16-13-7-12(15)17-14(18-13)9-5-6-9/h2-4,7,9H,5-6H2,1H3,(H,16,17,18). The highest BCUT2D eigenvalue weighted by Gasteiger charge is 2.27. The molecule has 0 saturated heterocycles. The quantitative estimate of drug-likeness (QED) is 0.525. The van der Waals surface area contributed by atoms with Gasteiger partial charge in [-0.3, -0.25) is 10.1 Å². The number of nitrogens with one attached hydrogen (secondary N) is 1. The summed E-state index contributed by atoms with van der Waals surface area (Å²) in [6, 6.07) is 6.50. The van der Waals surface area contributed by atoms with Crippen molar-refractivity contribution in [1.82, 2.24) is 9.97 Å². The van der Waals surface area contributed by atoms with Crippen molar-refractivity contribution in [3.8, 4) is 0 Å². The van der Waals surface area contributed by atoms with Crippen LogP contribution in [-0.2, 0) is 0 Å². The predicted octanol–water partition coefficient (Wildman–Crippen LogP) is 3.97. The van der Waals surface area contributed by atoms with E-state index in [1.54, 1.807) is 25.1 Å². The first-order chi connectivity index (χ1) is 10.0. The zero-order valence-electron chi connectivity index (χ0n) is 11.3. The van der Waals surface area contributed by atoms with Gasteiger partial charge in [-0.1, -0.05) is 17.7 Å². The summed E-state index contributed by atoms with van der Waals surface area (Å²) in [4.78, 5) is 19.2. The zero-order valence-corrected chi connectivity index (χ0v) is 12.1. The molecule has 1 aliphatic rings. The van der Waals surface area contributed by atoms with Crippen molar-refractivity contribution in [3.63, 3.8) is 0 Å². The number of benzene rings is 1. The lowest BCUT2D eigenvalue weighted by Gasteiger charge is -2.10. The molecule has 0 atom stereocenters. The van der Waals surface area contributed by atoms with Crippen LogP contribution in [0.3, 0.4) is 0 Å². The van der Waals surface area contributed by atoms with Gasteiger partial charge in [0, 0.05) is 23.7 Å². The SMILES string of the molecule is Cc1c(Nc2cc(Cl)nc(C3CC3)n2)cccc1[N+](=O)[O-]. The maximum Gasteiger partial charge on any atom is 0.274 e. The van der Waals surface area contributed by atoms with Crippen LogP contribution in [0.5, 0.6) is 0 Å². The number of hydrogen-bond donors (Lipinski definition) is 1. The Kier molecular flexibility index (Phi) is 3.47. The fourth-order valence-electron chi connectivity index (χ4n) is 2.12. The van der Waals surface area contributed by atoms with Crippen LogP contribution < -0.4 is 5.32 Å². The Bertz CT molecular complexity index is 716. The lowest BCUT2D eigenvalue weighted by molar-refractivity contribution is -0.385. The monoisotopic (exact) mass is 304 g/mol. The van der Waals surface area contributed by atoms with E-state index in [9.17, 15) is 10.1 Å². The van der Waals surface area contributed by atoms with Crippen molar-refractivity contribution in [3.05, 3.63) is 50.9 Å². The molecule has 0 unspecified atom stereocenters. The van der Waals surface area contributed by atoms with Gasteiger partial charge in [-0.05, 0) is 25.8 Å². The summed E-state index contributed by atoms with van der Waals surface area (Å²) in [5, 5.41) is 14.4. The average Bonchev–Trinajstić information content (AvgIpc) is 3.24. The van der Waals surface area contributed by atoms with Crippen LogP contribution in [-0.4, -0.2) is 14.9 Å². The van der Waals surface area contributed by atoms with Crippen molar-refractivity contribution >= 4 is 28.8 Å². The predicted molar refractivity (Wildman–Crippen MR) is 80.1 cm³/mol. The summed E-state index contributed by atoms with van der Waals surface area (Å²) in [6.07, 6.45) is 2.16. The third kappa shape index (κ3) is 2.95. The molecule has 0 bridgehead atoms. The van der Waals surface area contributed by atoms with Gasteiger partial charge in [0.25, 0.3) is 5.69 Å². The van der Waals surface area contributed by atoms with Crippen molar-refractivity contribution in [1.29, 1.82) is 0 Å². The molecule has 108 valence electrons. The van der Waals surface area contributed by atoms with Crippen LogP contribution >= 0.6 is 11.6 Å². The van der Waals surface area contributed by atoms with Crippen molar-refractivity contribution in [2.24, 2.45) is 0 Å². The molecule has 7 heteroatoms. The van der Waals surface area contributed by atoms with E-state index in [4.69, 9.17) is 11.6 Å². The summed E-state index contributed by atoms with van der Waals surface area (Å²) < 4.78 is 0. The van der Waals surface area contributed by atoms with Gasteiger partial charge in [-0.15, -0.1) is 0 Å². The molecule has 1 heterocycles. The largest absolute Gasteiger partial charge is 0.340 e. The molecule has 1 saturated carbocycles. The summed E-state index contributed by atoms with van der Waals surface area (Å²) in [5.74, 6) is 1.67. The first kappa shape index (κ1) is 13.8. The normalized spacial score (nSPS) is 14.0. The molecule has 0 radical (unpaired) electrons. The minimum atomic E-state index is -0.400. The Labute approximate surface area is 126 Å². The molecule has 1 aliphatic carbocycles. The number of nitro groups is 1. The van der Waals surface area contributed by atoms with Crippen LogP contribution in [0.2, 0.25) is 5.15 Å². The van der Waals surface area contributed by atoms with Crippen LogP contribution in [0.4, 0.5) is 17.2 Å². The average molecular weight is 305 g/mol. The van der Waals surface area contributed by atoms with Crippen LogP contribution in [0.25, 0.3) is 0 Å². The lowest BCUT2D eigenvalue weighted by atomic mass is 10.1. The Morgan fingerprint density at radius 1 is 1.38 bits per heavy atom. The van der Waals surface area contributed by atoms with Crippen molar-refractivity contribution in [2.75, 3.05) is 5.32 Å². The molecular weight excluding hydrogens is 292 g/mol. The topological polar surface area (TPSA) is 81.0 Å². The van der Waals surface area contributed by atoms with Crippen molar-refractivity contribution < 1.29 is 4.92 Å². The number of nitro benzene ring substituents is 1. The van der Waals surface area contributed by atoms with E-state index in [-0.39, 0.29) is 5.69 Å². The Balaban J connectivity index is 1.93. The molecule has 0 spiro atoms. The van der Waals surface area contributed by atoms with Gasteiger partial charge in [0.1, 0.15) is 16.8 Å². The fourth-order valence-corrected chi connectivity index (χ4v) is 2.31. The molecule has 1 N–H and O–H groups in total. The second-order valence-corrected chi connectivity index (χ2v) is 5.43. The maximum atomic E-state index is 11.0. The molecule has 0 aliphatic heterocycles. The Morgan fingerprint density at radius 3 is 2.81 bits per heavy atom. The third-order valence-electron chi connectivity index (χ3n) is 3.42. The van der Waals surface area contributed by atoms with Gasteiger partial charge in [0.2, 0.25) is 0 Å². The molecule has 1 aromatic carbocycles. The molecule has 6 nitrogen and oxygen atoms in total. The van der Waals surface area contributed by atoms with E-state index in [0.717, 1.165) is 18.7 Å². The first-order valence-electron chi connectivity index (χ1n) is 6.60. The fraction of sp³-hybridized carbons (Fsp3) is 0.286. The van der Waals surface area contributed by atoms with E-state index in [1.807, 2.05) is 0 Å². The van der Waals surface area contributed by atoms with E-state index in [0.29, 0.717) is 28.1 Å². The van der Waals surface area contributed by atoms with E-state index < -0.39 is 4.92 Å². The smallest absolute Gasteiger partial charge is 0.274 e. The highest BCUT2D eigenvalue weighted by Crippen LogP contribution is 2.39. The van der Waals surface area contributed by atoms with Gasteiger partial charge >= 0.3 is 0 Å². The molecule has 1 fully saturated rings. The molecule has 3 rings (SSSR count). The van der Waals surface area contributed by atoms with Gasteiger partial charge < -0.3 is 5.32 Å². The van der Waals surface area contributed by atoms with Crippen LogP contribution in [0.15, 0.2) is 24.3 Å². The molecular formula is C14H13ClN4O2. The van der Waals surface area contributed by atoms with Gasteiger partial charge in [0.05, 0.1) is 10.5 Å². The highest BCUT2D eigenvalue weighted by molar-refractivity contribution is 6.29. The maximum absolute atomic E-state index is 11.0. The Morgan fingerprint density at radius 2 is 2.14 bits per heavy atom. The number of hydrogen-bond acceptors (Lipinski definition) is 5. The van der Waals surface area contributed by atoms with Gasteiger partial charge in [-0.25, -0.2) is 9.97 Å². The third-order valence-corrected chi connectivity index (χ3v) is 3.61. The molecule has 1 aromatic heterocycles. The summed E-state index contributed by atoms with van der Waals surface area (Å²) in [5.41, 5.74) is 1.27.